The van der Waals surface area contributed by atoms with Crippen LogP contribution in [-0.2, 0) is 16.4 Å². The minimum Gasteiger partial charge on any atom is -0.367 e. The average Bonchev–Trinajstić information content (AvgIpc) is 3.29. The molecule has 0 amide bonds. The zero-order valence-corrected chi connectivity index (χ0v) is 19.7. The van der Waals surface area contributed by atoms with E-state index in [1.165, 1.54) is 44.8 Å². The fraction of sp³-hybridized carbons (Fsp3) is 0.458. The number of nitrogens with one attached hydrogen (secondary N) is 1. The van der Waals surface area contributed by atoms with Crippen molar-refractivity contribution in [1.29, 1.82) is 0 Å². The minimum atomic E-state index is -3.56. The SMILES string of the molecule is CNS(=O)(=O)c1ccc(CC2CCCCC2)c(-c2nnn(C3CN(c4ccccc4)C3)n2)c1. The van der Waals surface area contributed by atoms with Gasteiger partial charge in [0.05, 0.1) is 4.90 Å². The number of anilines is 1. The van der Waals surface area contributed by atoms with Gasteiger partial charge in [0, 0.05) is 24.3 Å². The van der Waals surface area contributed by atoms with E-state index >= 15 is 0 Å². The topological polar surface area (TPSA) is 93.0 Å². The minimum absolute atomic E-state index is 0.150. The van der Waals surface area contributed by atoms with Crippen LogP contribution in [0.2, 0.25) is 0 Å². The molecule has 33 heavy (non-hydrogen) atoms. The van der Waals surface area contributed by atoms with Crippen LogP contribution in [-0.4, -0.2) is 48.8 Å². The molecule has 2 aliphatic rings. The van der Waals surface area contributed by atoms with E-state index in [-0.39, 0.29) is 10.9 Å². The summed E-state index contributed by atoms with van der Waals surface area (Å²) in [6.07, 6.45) is 7.18. The quantitative estimate of drug-likeness (QED) is 0.573. The molecule has 1 aromatic heterocycles. The number of tetrazole rings is 1. The first-order valence-electron chi connectivity index (χ1n) is 11.7. The van der Waals surface area contributed by atoms with Crippen molar-refractivity contribution in [1.82, 2.24) is 24.9 Å². The molecule has 0 bridgehead atoms. The summed E-state index contributed by atoms with van der Waals surface area (Å²) in [6, 6.07) is 15.7. The molecule has 0 spiro atoms. The van der Waals surface area contributed by atoms with Gasteiger partial charge in [-0.25, -0.2) is 13.1 Å². The highest BCUT2D eigenvalue weighted by molar-refractivity contribution is 7.89. The van der Waals surface area contributed by atoms with Gasteiger partial charge in [0.2, 0.25) is 15.8 Å². The lowest BCUT2D eigenvalue weighted by molar-refractivity contribution is 0.327. The Morgan fingerprint density at radius 2 is 1.79 bits per heavy atom. The molecule has 2 fully saturated rings. The second kappa shape index (κ2) is 9.23. The molecule has 0 radical (unpaired) electrons. The van der Waals surface area contributed by atoms with Crippen LogP contribution >= 0.6 is 0 Å². The molecule has 9 heteroatoms. The molecular formula is C24H30N6O2S. The van der Waals surface area contributed by atoms with Crippen molar-refractivity contribution >= 4 is 15.7 Å². The molecule has 0 unspecified atom stereocenters. The maximum Gasteiger partial charge on any atom is 0.240 e. The van der Waals surface area contributed by atoms with Crippen LogP contribution in [0, 0.1) is 5.92 Å². The molecule has 3 aromatic rings. The Morgan fingerprint density at radius 1 is 1.03 bits per heavy atom. The van der Waals surface area contributed by atoms with Gasteiger partial charge in [0.1, 0.15) is 6.04 Å². The molecule has 5 rings (SSSR count). The van der Waals surface area contributed by atoms with Gasteiger partial charge in [0.15, 0.2) is 0 Å². The van der Waals surface area contributed by atoms with Crippen molar-refractivity contribution in [2.75, 3.05) is 25.0 Å². The van der Waals surface area contributed by atoms with Crippen LogP contribution in [0.1, 0.15) is 43.7 Å². The predicted octanol–water partition coefficient (Wildman–Crippen LogP) is 3.43. The lowest BCUT2D eigenvalue weighted by Gasteiger charge is -2.39. The molecule has 2 heterocycles. The standard InChI is InChI=1S/C24H30N6O2S/c1-25-33(31,32)22-13-12-19(14-18-8-4-2-5-9-18)23(15-22)24-26-28-30(27-24)21-16-29(17-21)20-10-6-3-7-11-20/h3,6-7,10-13,15,18,21,25H,2,4-5,8-9,14,16-17H2,1H3. The van der Waals surface area contributed by atoms with Crippen molar-refractivity contribution in [2.24, 2.45) is 5.92 Å². The Kier molecular flexibility index (Phi) is 6.16. The van der Waals surface area contributed by atoms with Gasteiger partial charge in [0.25, 0.3) is 0 Å². The van der Waals surface area contributed by atoms with Crippen molar-refractivity contribution in [3.63, 3.8) is 0 Å². The third kappa shape index (κ3) is 4.65. The summed E-state index contributed by atoms with van der Waals surface area (Å²) in [5.41, 5.74) is 3.05. The van der Waals surface area contributed by atoms with E-state index in [1.807, 2.05) is 24.3 Å². The maximum atomic E-state index is 12.4. The lowest BCUT2D eigenvalue weighted by atomic mass is 9.84. The third-order valence-corrected chi connectivity index (χ3v) is 8.29. The van der Waals surface area contributed by atoms with E-state index in [4.69, 9.17) is 0 Å². The van der Waals surface area contributed by atoms with Crippen LogP contribution in [0.5, 0.6) is 0 Å². The van der Waals surface area contributed by atoms with E-state index in [1.54, 1.807) is 16.9 Å². The first-order valence-corrected chi connectivity index (χ1v) is 13.2. The number of nitrogens with zero attached hydrogens (tertiary/aromatic N) is 5. The number of hydrogen-bond acceptors (Lipinski definition) is 6. The normalized spacial score (nSPS) is 17.8. The fourth-order valence-corrected chi connectivity index (χ4v) is 5.62. The van der Waals surface area contributed by atoms with Crippen LogP contribution < -0.4 is 9.62 Å². The Bertz CT molecular complexity index is 1200. The molecular weight excluding hydrogens is 436 g/mol. The van der Waals surface area contributed by atoms with Crippen molar-refractivity contribution < 1.29 is 8.42 Å². The number of rotatable bonds is 7. The largest absolute Gasteiger partial charge is 0.367 e. The van der Waals surface area contributed by atoms with Gasteiger partial charge in [-0.15, -0.1) is 10.2 Å². The Hall–Kier alpha value is -2.78. The molecule has 0 atom stereocenters. The second-order valence-electron chi connectivity index (χ2n) is 9.06. The molecule has 174 valence electrons. The molecule has 1 aliphatic heterocycles. The summed E-state index contributed by atoms with van der Waals surface area (Å²) in [7, 11) is -2.13. The Balaban J connectivity index is 1.40. The highest BCUT2D eigenvalue weighted by atomic mass is 32.2. The van der Waals surface area contributed by atoms with Gasteiger partial charge < -0.3 is 4.90 Å². The predicted molar refractivity (Wildman–Crippen MR) is 127 cm³/mol. The van der Waals surface area contributed by atoms with E-state index in [9.17, 15) is 8.42 Å². The highest BCUT2D eigenvalue weighted by Crippen LogP contribution is 2.32. The van der Waals surface area contributed by atoms with Crippen molar-refractivity contribution in [3.8, 4) is 11.4 Å². The van der Waals surface area contributed by atoms with Gasteiger partial charge in [-0.1, -0.05) is 56.4 Å². The van der Waals surface area contributed by atoms with E-state index < -0.39 is 10.0 Å². The van der Waals surface area contributed by atoms with E-state index in [0.717, 1.165) is 30.6 Å². The number of hydrogen-bond donors (Lipinski definition) is 1. The average molecular weight is 467 g/mol. The fourth-order valence-electron chi connectivity index (χ4n) is 4.87. The molecule has 8 nitrogen and oxygen atoms in total. The molecule has 1 saturated heterocycles. The smallest absolute Gasteiger partial charge is 0.240 e. The van der Waals surface area contributed by atoms with E-state index in [2.05, 4.69) is 37.2 Å². The van der Waals surface area contributed by atoms with Crippen LogP contribution in [0.15, 0.2) is 53.4 Å². The first kappa shape index (κ1) is 22.0. The van der Waals surface area contributed by atoms with Gasteiger partial charge in [-0.3, -0.25) is 0 Å². The van der Waals surface area contributed by atoms with Crippen LogP contribution in [0.3, 0.4) is 0 Å². The van der Waals surface area contributed by atoms with Crippen LogP contribution in [0.25, 0.3) is 11.4 Å². The number of benzene rings is 2. The van der Waals surface area contributed by atoms with Gasteiger partial charge >= 0.3 is 0 Å². The Morgan fingerprint density at radius 3 is 2.52 bits per heavy atom. The summed E-state index contributed by atoms with van der Waals surface area (Å²) in [4.78, 5) is 4.18. The summed E-state index contributed by atoms with van der Waals surface area (Å²) >= 11 is 0. The van der Waals surface area contributed by atoms with Crippen molar-refractivity contribution in [3.05, 3.63) is 54.1 Å². The Labute approximate surface area is 195 Å². The number of para-hydroxylation sites is 1. The summed E-state index contributed by atoms with van der Waals surface area (Å²) < 4.78 is 27.3. The highest BCUT2D eigenvalue weighted by Gasteiger charge is 2.31. The van der Waals surface area contributed by atoms with Gasteiger partial charge in [-0.05, 0) is 54.4 Å². The summed E-state index contributed by atoms with van der Waals surface area (Å²) in [5, 5.41) is 13.4. The lowest BCUT2D eigenvalue weighted by Crippen LogP contribution is -2.48. The first-order chi connectivity index (χ1) is 16.0. The molecule has 1 saturated carbocycles. The zero-order chi connectivity index (χ0) is 22.8. The molecule has 1 N–H and O–H groups in total. The summed E-state index contributed by atoms with van der Waals surface area (Å²) in [5.74, 6) is 1.11. The number of aromatic nitrogens is 4. The van der Waals surface area contributed by atoms with Gasteiger partial charge in [-0.2, -0.15) is 4.80 Å². The zero-order valence-electron chi connectivity index (χ0n) is 18.9. The maximum absolute atomic E-state index is 12.4. The molecule has 1 aliphatic carbocycles. The van der Waals surface area contributed by atoms with Crippen molar-refractivity contribution in [2.45, 2.75) is 49.5 Å². The molecule has 2 aromatic carbocycles. The second-order valence-corrected chi connectivity index (χ2v) is 10.9. The monoisotopic (exact) mass is 466 g/mol. The van der Waals surface area contributed by atoms with Crippen LogP contribution in [0.4, 0.5) is 5.69 Å². The third-order valence-electron chi connectivity index (χ3n) is 6.87. The van der Waals surface area contributed by atoms with E-state index in [0.29, 0.717) is 11.7 Å². The summed E-state index contributed by atoms with van der Waals surface area (Å²) in [6.45, 7) is 1.64. The number of sulfonamides is 1.